The normalized spacial score (nSPS) is 19.0. The van der Waals surface area contributed by atoms with Crippen molar-refractivity contribution in [3.8, 4) is 17.2 Å². The van der Waals surface area contributed by atoms with Crippen LogP contribution in [0.15, 0.2) is 42.5 Å². The lowest BCUT2D eigenvalue weighted by molar-refractivity contribution is 0.0830. The van der Waals surface area contributed by atoms with Crippen LogP contribution in [-0.2, 0) is 6.42 Å². The van der Waals surface area contributed by atoms with Crippen LogP contribution in [0.2, 0.25) is 0 Å². The van der Waals surface area contributed by atoms with Crippen molar-refractivity contribution in [2.75, 3.05) is 13.4 Å². The summed E-state index contributed by atoms with van der Waals surface area (Å²) in [4.78, 5) is 12.5. The molecule has 2 aromatic rings. The Morgan fingerprint density at radius 1 is 0.952 bits per heavy atom. The Morgan fingerprint density at radius 2 is 1.81 bits per heavy atom. The minimum Gasteiger partial charge on any atom is -0.492 e. The molecule has 4 heteroatoms. The molecule has 0 aliphatic carbocycles. The third-order valence-electron chi connectivity index (χ3n) is 3.88. The van der Waals surface area contributed by atoms with Crippen LogP contribution >= 0.6 is 0 Å². The van der Waals surface area contributed by atoms with E-state index in [1.165, 1.54) is 0 Å². The summed E-state index contributed by atoms with van der Waals surface area (Å²) in [6.07, 6.45) is 0.643. The molecule has 0 aromatic heterocycles. The van der Waals surface area contributed by atoms with Gasteiger partial charge in [-0.15, -0.1) is 0 Å². The molecule has 2 aromatic carbocycles. The van der Waals surface area contributed by atoms with E-state index in [4.69, 9.17) is 14.2 Å². The van der Waals surface area contributed by atoms with Crippen LogP contribution in [0.5, 0.6) is 17.2 Å². The van der Waals surface area contributed by atoms with E-state index in [1.807, 2.05) is 42.5 Å². The highest BCUT2D eigenvalue weighted by atomic mass is 16.7. The Labute approximate surface area is 122 Å². The fraction of sp³-hybridized carbons (Fsp3) is 0.235. The van der Waals surface area contributed by atoms with Gasteiger partial charge in [0.25, 0.3) is 0 Å². The van der Waals surface area contributed by atoms with Crippen molar-refractivity contribution in [2.45, 2.75) is 6.42 Å². The highest BCUT2D eigenvalue weighted by molar-refractivity contribution is 6.01. The second-order valence-electron chi connectivity index (χ2n) is 5.26. The Morgan fingerprint density at radius 3 is 2.76 bits per heavy atom. The first-order valence-corrected chi connectivity index (χ1v) is 6.96. The number of Topliss-reactive ketones (excluding diaryl/α,β-unsaturated/α-hetero) is 1. The average molecular weight is 282 g/mol. The molecule has 1 unspecified atom stereocenters. The summed E-state index contributed by atoms with van der Waals surface area (Å²) in [6.45, 7) is 0.682. The largest absolute Gasteiger partial charge is 0.492 e. The number of fused-ring (bicyclic) bond motifs is 2. The quantitative estimate of drug-likeness (QED) is 0.849. The number of para-hydroxylation sites is 1. The summed E-state index contributed by atoms with van der Waals surface area (Å²) in [5.41, 5.74) is 1.73. The highest BCUT2D eigenvalue weighted by Gasteiger charge is 2.29. The van der Waals surface area contributed by atoms with Crippen molar-refractivity contribution in [1.29, 1.82) is 0 Å². The SMILES string of the molecule is O=C1c2ccccc2OCC1Cc1ccc2c(c1)OCO2. The van der Waals surface area contributed by atoms with Crippen LogP contribution in [-0.4, -0.2) is 19.2 Å². The smallest absolute Gasteiger partial charge is 0.231 e. The first-order chi connectivity index (χ1) is 10.3. The molecule has 2 aliphatic rings. The van der Waals surface area contributed by atoms with Crippen molar-refractivity contribution < 1.29 is 19.0 Å². The maximum atomic E-state index is 12.5. The molecule has 2 heterocycles. The Balaban J connectivity index is 1.57. The van der Waals surface area contributed by atoms with Gasteiger partial charge in [0.15, 0.2) is 17.3 Å². The molecule has 2 aliphatic heterocycles. The van der Waals surface area contributed by atoms with E-state index in [9.17, 15) is 4.79 Å². The van der Waals surface area contributed by atoms with E-state index < -0.39 is 0 Å². The second kappa shape index (κ2) is 4.81. The van der Waals surface area contributed by atoms with Crippen LogP contribution in [0.3, 0.4) is 0 Å². The van der Waals surface area contributed by atoms with Crippen LogP contribution < -0.4 is 14.2 Å². The van der Waals surface area contributed by atoms with Gasteiger partial charge < -0.3 is 14.2 Å². The van der Waals surface area contributed by atoms with Gasteiger partial charge in [0.1, 0.15) is 5.75 Å². The highest BCUT2D eigenvalue weighted by Crippen LogP contribution is 2.34. The first-order valence-electron chi connectivity index (χ1n) is 6.96. The van der Waals surface area contributed by atoms with Gasteiger partial charge >= 0.3 is 0 Å². The van der Waals surface area contributed by atoms with Gasteiger partial charge in [0.05, 0.1) is 18.1 Å². The summed E-state index contributed by atoms with van der Waals surface area (Å²) in [5.74, 6) is 2.19. The van der Waals surface area contributed by atoms with Gasteiger partial charge in [0, 0.05) is 0 Å². The van der Waals surface area contributed by atoms with Crippen molar-refractivity contribution in [2.24, 2.45) is 5.92 Å². The Bertz CT molecular complexity index is 708. The molecule has 0 spiro atoms. The summed E-state index contributed by atoms with van der Waals surface area (Å²) in [5, 5.41) is 0. The van der Waals surface area contributed by atoms with Crippen molar-refractivity contribution in [3.05, 3.63) is 53.6 Å². The Kier molecular flexibility index (Phi) is 2.81. The van der Waals surface area contributed by atoms with Gasteiger partial charge in [-0.05, 0) is 36.2 Å². The van der Waals surface area contributed by atoms with Gasteiger partial charge in [-0.2, -0.15) is 0 Å². The van der Waals surface area contributed by atoms with E-state index in [-0.39, 0.29) is 18.5 Å². The molecule has 0 saturated carbocycles. The molecular weight excluding hydrogens is 268 g/mol. The fourth-order valence-corrected chi connectivity index (χ4v) is 2.79. The Hall–Kier alpha value is -2.49. The number of carbonyl (C=O) groups is 1. The zero-order valence-corrected chi connectivity index (χ0v) is 11.4. The van der Waals surface area contributed by atoms with Crippen LogP contribution in [0.4, 0.5) is 0 Å². The summed E-state index contributed by atoms with van der Waals surface area (Å²) in [6, 6.07) is 13.2. The number of benzene rings is 2. The van der Waals surface area contributed by atoms with E-state index >= 15 is 0 Å². The molecule has 1 atom stereocenters. The number of hydrogen-bond acceptors (Lipinski definition) is 4. The third kappa shape index (κ3) is 2.13. The fourth-order valence-electron chi connectivity index (χ4n) is 2.79. The summed E-state index contributed by atoms with van der Waals surface area (Å²) < 4.78 is 16.4. The predicted molar refractivity (Wildman–Crippen MR) is 76.0 cm³/mol. The van der Waals surface area contributed by atoms with Gasteiger partial charge in [-0.25, -0.2) is 0 Å². The molecule has 21 heavy (non-hydrogen) atoms. The van der Waals surface area contributed by atoms with Gasteiger partial charge in [-0.1, -0.05) is 18.2 Å². The lowest BCUT2D eigenvalue weighted by atomic mass is 9.89. The maximum absolute atomic E-state index is 12.5. The first kappa shape index (κ1) is 12.3. The lowest BCUT2D eigenvalue weighted by Gasteiger charge is -2.24. The van der Waals surface area contributed by atoms with Crippen molar-refractivity contribution >= 4 is 5.78 Å². The molecule has 0 N–H and O–H groups in total. The van der Waals surface area contributed by atoms with Crippen LogP contribution in [0.1, 0.15) is 15.9 Å². The lowest BCUT2D eigenvalue weighted by Crippen LogP contribution is -2.29. The van der Waals surface area contributed by atoms with Crippen molar-refractivity contribution in [3.63, 3.8) is 0 Å². The minimum atomic E-state index is -0.153. The molecule has 0 radical (unpaired) electrons. The number of hydrogen-bond donors (Lipinski definition) is 0. The number of carbonyl (C=O) groups excluding carboxylic acids is 1. The predicted octanol–water partition coefficient (Wildman–Crippen LogP) is 2.85. The second-order valence-corrected chi connectivity index (χ2v) is 5.26. The summed E-state index contributed by atoms with van der Waals surface area (Å²) >= 11 is 0. The maximum Gasteiger partial charge on any atom is 0.231 e. The third-order valence-corrected chi connectivity index (χ3v) is 3.88. The van der Waals surface area contributed by atoms with E-state index in [0.29, 0.717) is 24.3 Å². The van der Waals surface area contributed by atoms with E-state index in [2.05, 4.69) is 0 Å². The minimum absolute atomic E-state index is 0.148. The summed E-state index contributed by atoms with van der Waals surface area (Å²) in [7, 11) is 0. The molecule has 0 bridgehead atoms. The standard InChI is InChI=1S/C17H14O4/c18-17-12(9-19-14-4-2-1-3-13(14)17)7-11-5-6-15-16(8-11)21-10-20-15/h1-6,8,12H,7,9-10H2. The molecule has 0 fully saturated rings. The zero-order valence-electron chi connectivity index (χ0n) is 11.4. The van der Waals surface area contributed by atoms with Crippen molar-refractivity contribution in [1.82, 2.24) is 0 Å². The zero-order chi connectivity index (χ0) is 14.2. The van der Waals surface area contributed by atoms with Crippen LogP contribution in [0.25, 0.3) is 0 Å². The van der Waals surface area contributed by atoms with E-state index in [1.54, 1.807) is 0 Å². The number of rotatable bonds is 2. The molecule has 106 valence electrons. The van der Waals surface area contributed by atoms with Gasteiger partial charge in [-0.3, -0.25) is 4.79 Å². The monoisotopic (exact) mass is 282 g/mol. The molecule has 4 nitrogen and oxygen atoms in total. The van der Waals surface area contributed by atoms with Crippen LogP contribution in [0, 0.1) is 5.92 Å². The molecular formula is C17H14O4. The van der Waals surface area contributed by atoms with Gasteiger partial charge in [0.2, 0.25) is 6.79 Å². The number of ether oxygens (including phenoxy) is 3. The van der Waals surface area contributed by atoms with E-state index in [0.717, 1.165) is 17.1 Å². The average Bonchev–Trinajstić information content (AvgIpc) is 2.98. The number of ketones is 1. The molecule has 0 amide bonds. The molecule has 4 rings (SSSR count). The topological polar surface area (TPSA) is 44.8 Å². The molecule has 0 saturated heterocycles.